The summed E-state index contributed by atoms with van der Waals surface area (Å²) < 4.78 is 4.81. The van der Waals surface area contributed by atoms with Gasteiger partial charge in [0.1, 0.15) is 5.69 Å². The van der Waals surface area contributed by atoms with Crippen LogP contribution in [0.3, 0.4) is 0 Å². The zero-order valence-electron chi connectivity index (χ0n) is 12.0. The minimum Gasteiger partial charge on any atom is -0.462 e. The van der Waals surface area contributed by atoms with Crippen LogP contribution in [-0.2, 0) is 9.53 Å². The highest BCUT2D eigenvalue weighted by Crippen LogP contribution is 2.35. The second-order valence-corrected chi connectivity index (χ2v) is 4.82. The zero-order chi connectivity index (χ0) is 16.3. The van der Waals surface area contributed by atoms with E-state index in [1.807, 2.05) is 0 Å². The smallest absolute Gasteiger partial charge is 0.338 e. The molecule has 0 bridgehead atoms. The van der Waals surface area contributed by atoms with Crippen LogP contribution in [0.15, 0.2) is 18.2 Å². The Kier molecular flexibility index (Phi) is 4.71. The van der Waals surface area contributed by atoms with Gasteiger partial charge in [0.15, 0.2) is 0 Å². The van der Waals surface area contributed by atoms with Gasteiger partial charge in [-0.2, -0.15) is 0 Å². The summed E-state index contributed by atoms with van der Waals surface area (Å²) in [7, 11) is 0. The average Bonchev–Trinajstić information content (AvgIpc) is 2.87. The fourth-order valence-corrected chi connectivity index (χ4v) is 2.46. The Hall–Kier alpha value is -2.48. The van der Waals surface area contributed by atoms with Gasteiger partial charge in [0.05, 0.1) is 29.7 Å². The summed E-state index contributed by atoms with van der Waals surface area (Å²) >= 11 is 0. The van der Waals surface area contributed by atoms with Crippen LogP contribution in [0.1, 0.15) is 30.1 Å². The first-order valence-corrected chi connectivity index (χ1v) is 6.88. The number of ether oxygens (including phenoxy) is 1. The lowest BCUT2D eigenvalue weighted by molar-refractivity contribution is -0.384. The fourth-order valence-electron chi connectivity index (χ4n) is 2.46. The molecule has 1 unspecified atom stereocenters. The molecule has 0 radical (unpaired) electrons. The quantitative estimate of drug-likeness (QED) is 0.498. The molecular weight excluding hydrogens is 292 g/mol. The third kappa shape index (κ3) is 2.91. The van der Waals surface area contributed by atoms with Crippen LogP contribution < -0.4 is 4.90 Å². The predicted octanol–water partition coefficient (Wildman–Crippen LogP) is 1.26. The molecule has 1 N–H and O–H groups in total. The van der Waals surface area contributed by atoms with Gasteiger partial charge in [-0.05, 0) is 25.5 Å². The molecule has 1 fully saturated rings. The van der Waals surface area contributed by atoms with Crippen LogP contribution in [0, 0.1) is 10.1 Å². The molecule has 1 atom stereocenters. The minimum atomic E-state index is -0.663. The molecule has 0 aromatic heterocycles. The third-order valence-corrected chi connectivity index (χ3v) is 3.48. The van der Waals surface area contributed by atoms with E-state index in [9.17, 15) is 24.8 Å². The number of esters is 1. The second-order valence-electron chi connectivity index (χ2n) is 4.82. The number of hydrogen-bond donors (Lipinski definition) is 1. The summed E-state index contributed by atoms with van der Waals surface area (Å²) in [5.41, 5.74) is -0.233. The van der Waals surface area contributed by atoms with Gasteiger partial charge < -0.3 is 14.7 Å². The highest BCUT2D eigenvalue weighted by Gasteiger charge is 2.35. The van der Waals surface area contributed by atoms with Crippen molar-refractivity contribution >= 4 is 23.3 Å². The molecule has 0 saturated carbocycles. The van der Waals surface area contributed by atoms with Crippen molar-refractivity contribution in [2.75, 3.05) is 18.1 Å². The number of amides is 1. The molecule has 8 nitrogen and oxygen atoms in total. The Morgan fingerprint density at radius 1 is 1.55 bits per heavy atom. The van der Waals surface area contributed by atoms with Crippen molar-refractivity contribution < 1.29 is 24.4 Å². The SMILES string of the molecule is CCOC(=O)c1ccc(N2C(=O)CCC2CO)c([N+](=O)[O-])c1. The maximum absolute atomic E-state index is 11.9. The Bertz CT molecular complexity index is 615. The van der Waals surface area contributed by atoms with E-state index in [-0.39, 0.29) is 42.5 Å². The molecule has 1 heterocycles. The summed E-state index contributed by atoms with van der Waals surface area (Å²) in [6, 6.07) is 3.32. The van der Waals surface area contributed by atoms with Crippen molar-refractivity contribution in [3.8, 4) is 0 Å². The second kappa shape index (κ2) is 6.52. The van der Waals surface area contributed by atoms with E-state index in [2.05, 4.69) is 0 Å². The molecular formula is C14H16N2O6. The van der Waals surface area contributed by atoms with Crippen LogP contribution in [0.25, 0.3) is 0 Å². The van der Waals surface area contributed by atoms with Gasteiger partial charge in [0.2, 0.25) is 5.91 Å². The Labute approximate surface area is 126 Å². The number of aliphatic hydroxyl groups is 1. The molecule has 22 heavy (non-hydrogen) atoms. The van der Waals surface area contributed by atoms with Gasteiger partial charge in [0.25, 0.3) is 5.69 Å². The van der Waals surface area contributed by atoms with Gasteiger partial charge in [0, 0.05) is 12.5 Å². The summed E-state index contributed by atoms with van der Waals surface area (Å²) in [6.45, 7) is 1.52. The van der Waals surface area contributed by atoms with Crippen molar-refractivity contribution in [2.24, 2.45) is 0 Å². The predicted molar refractivity (Wildman–Crippen MR) is 76.6 cm³/mol. The first kappa shape index (κ1) is 15.9. The Morgan fingerprint density at radius 3 is 2.86 bits per heavy atom. The first-order chi connectivity index (χ1) is 10.5. The van der Waals surface area contributed by atoms with Gasteiger partial charge in [-0.3, -0.25) is 14.9 Å². The number of carbonyl (C=O) groups excluding carboxylic acids is 2. The highest BCUT2D eigenvalue weighted by atomic mass is 16.6. The number of benzene rings is 1. The van der Waals surface area contributed by atoms with E-state index in [1.54, 1.807) is 6.92 Å². The van der Waals surface area contributed by atoms with E-state index >= 15 is 0 Å². The number of nitrogens with zero attached hydrogens (tertiary/aromatic N) is 2. The van der Waals surface area contributed by atoms with E-state index < -0.39 is 16.9 Å². The lowest BCUT2D eigenvalue weighted by Crippen LogP contribution is -2.35. The zero-order valence-corrected chi connectivity index (χ0v) is 12.0. The number of carbonyl (C=O) groups is 2. The van der Waals surface area contributed by atoms with Crippen molar-refractivity contribution in [3.05, 3.63) is 33.9 Å². The third-order valence-electron chi connectivity index (χ3n) is 3.48. The maximum atomic E-state index is 11.9. The van der Waals surface area contributed by atoms with Crippen molar-refractivity contribution in [1.29, 1.82) is 0 Å². The standard InChI is InChI=1S/C14H16N2O6/c1-2-22-14(19)9-3-5-11(12(7-9)16(20)21)15-10(8-17)4-6-13(15)18/h3,5,7,10,17H,2,4,6,8H2,1H3. The average molecular weight is 308 g/mol. The molecule has 0 aliphatic carbocycles. The number of hydrogen-bond acceptors (Lipinski definition) is 6. The molecule has 1 saturated heterocycles. The van der Waals surface area contributed by atoms with Crippen molar-refractivity contribution in [1.82, 2.24) is 0 Å². The minimum absolute atomic E-state index is 0.0458. The Balaban J connectivity index is 2.45. The molecule has 118 valence electrons. The van der Waals surface area contributed by atoms with Gasteiger partial charge in [-0.1, -0.05) is 0 Å². The highest BCUT2D eigenvalue weighted by molar-refractivity contribution is 5.99. The molecule has 1 aliphatic rings. The molecule has 0 spiro atoms. The van der Waals surface area contributed by atoms with Crippen molar-refractivity contribution in [3.63, 3.8) is 0 Å². The normalized spacial score (nSPS) is 17.6. The number of anilines is 1. The lowest BCUT2D eigenvalue weighted by Gasteiger charge is -2.23. The lowest BCUT2D eigenvalue weighted by atomic mass is 10.1. The molecule has 2 rings (SSSR count). The summed E-state index contributed by atoms with van der Waals surface area (Å²) in [5, 5.41) is 20.6. The van der Waals surface area contributed by atoms with Crippen LogP contribution in [-0.4, -0.2) is 41.2 Å². The van der Waals surface area contributed by atoms with E-state index in [4.69, 9.17) is 4.74 Å². The first-order valence-electron chi connectivity index (χ1n) is 6.88. The number of rotatable bonds is 5. The van der Waals surface area contributed by atoms with E-state index in [0.717, 1.165) is 6.07 Å². The Morgan fingerprint density at radius 2 is 2.27 bits per heavy atom. The molecule has 1 amide bonds. The van der Waals surface area contributed by atoms with Gasteiger partial charge in [-0.15, -0.1) is 0 Å². The van der Waals surface area contributed by atoms with Crippen molar-refractivity contribution in [2.45, 2.75) is 25.8 Å². The molecule has 8 heteroatoms. The molecule has 1 aromatic carbocycles. The van der Waals surface area contributed by atoms with Crippen LogP contribution in [0.5, 0.6) is 0 Å². The van der Waals surface area contributed by atoms with Gasteiger partial charge >= 0.3 is 5.97 Å². The fraction of sp³-hybridized carbons (Fsp3) is 0.429. The summed E-state index contributed by atoms with van der Waals surface area (Å²) in [5.74, 6) is -0.949. The van der Waals surface area contributed by atoms with E-state index in [0.29, 0.717) is 6.42 Å². The molecule has 1 aliphatic heterocycles. The van der Waals surface area contributed by atoms with Crippen LogP contribution in [0.2, 0.25) is 0 Å². The number of nitro groups is 1. The largest absolute Gasteiger partial charge is 0.462 e. The van der Waals surface area contributed by atoms with Crippen LogP contribution in [0.4, 0.5) is 11.4 Å². The molecule has 1 aromatic rings. The maximum Gasteiger partial charge on any atom is 0.338 e. The topological polar surface area (TPSA) is 110 Å². The summed E-state index contributed by atoms with van der Waals surface area (Å²) in [6.07, 6.45) is 0.661. The van der Waals surface area contributed by atoms with E-state index in [1.165, 1.54) is 17.0 Å². The summed E-state index contributed by atoms with van der Waals surface area (Å²) in [4.78, 5) is 35.5. The monoisotopic (exact) mass is 308 g/mol. The van der Waals surface area contributed by atoms with Gasteiger partial charge in [-0.25, -0.2) is 4.79 Å². The number of aliphatic hydroxyl groups excluding tert-OH is 1. The number of nitro benzene ring substituents is 1. The van der Waals surface area contributed by atoms with Crippen LogP contribution >= 0.6 is 0 Å².